The maximum absolute atomic E-state index is 14.5. The predicted octanol–water partition coefficient (Wildman–Crippen LogP) is 5.46. The fourth-order valence-electron chi connectivity index (χ4n) is 6.47. The molecule has 0 amide bonds. The number of fused-ring (bicyclic) bond motifs is 2. The van der Waals surface area contributed by atoms with Gasteiger partial charge >= 0.3 is 11.9 Å². The first-order valence-electron chi connectivity index (χ1n) is 14.3. The second-order valence-electron chi connectivity index (χ2n) is 11.4. The van der Waals surface area contributed by atoms with E-state index in [1.54, 1.807) is 27.7 Å². The summed E-state index contributed by atoms with van der Waals surface area (Å²) in [4.78, 5) is 82.8. The summed E-state index contributed by atoms with van der Waals surface area (Å²) >= 11 is 0. The van der Waals surface area contributed by atoms with Crippen molar-refractivity contribution in [3.63, 3.8) is 0 Å². The number of ketones is 4. The van der Waals surface area contributed by atoms with Gasteiger partial charge in [-0.3, -0.25) is 19.2 Å². The summed E-state index contributed by atoms with van der Waals surface area (Å²) in [7, 11) is 4.92. The zero-order chi connectivity index (χ0) is 34.7. The quantitative estimate of drug-likeness (QED) is 0.356. The van der Waals surface area contributed by atoms with E-state index in [2.05, 4.69) is 0 Å². The highest BCUT2D eigenvalue weighted by atomic mass is 16.5. The van der Waals surface area contributed by atoms with Crippen LogP contribution >= 0.6 is 0 Å². The van der Waals surface area contributed by atoms with Crippen LogP contribution in [-0.4, -0.2) is 73.7 Å². The number of Topliss-reactive ketones (excluding diaryl/α,β-unsaturated/α-hetero) is 4. The molecule has 0 fully saturated rings. The zero-order valence-corrected chi connectivity index (χ0v) is 27.1. The summed E-state index contributed by atoms with van der Waals surface area (Å²) in [5.41, 5.74) is -3.85. The highest BCUT2D eigenvalue weighted by molar-refractivity contribution is 6.39. The minimum atomic E-state index is -1.60. The van der Waals surface area contributed by atoms with Gasteiger partial charge in [-0.15, -0.1) is 0 Å². The number of benzene rings is 2. The Balaban J connectivity index is 2.19. The van der Waals surface area contributed by atoms with E-state index >= 15 is 0 Å². The molecular weight excluding hydrogens is 600 g/mol. The van der Waals surface area contributed by atoms with Crippen LogP contribution in [0, 0.1) is 0 Å². The van der Waals surface area contributed by atoms with E-state index in [0.29, 0.717) is 0 Å². The van der Waals surface area contributed by atoms with Crippen molar-refractivity contribution in [2.24, 2.45) is 0 Å². The van der Waals surface area contributed by atoms with Gasteiger partial charge in [-0.2, -0.15) is 0 Å². The number of rotatable bonds is 9. The molecule has 0 atom stereocenters. The largest absolute Gasteiger partial charge is 0.493 e. The minimum absolute atomic E-state index is 0.0346. The molecule has 0 radical (unpaired) electrons. The number of aromatic carboxylic acids is 2. The molecule has 0 aromatic heterocycles. The second kappa shape index (κ2) is 11.9. The molecule has 0 saturated heterocycles. The van der Waals surface area contributed by atoms with Crippen LogP contribution in [0.1, 0.15) is 127 Å². The molecule has 12 nitrogen and oxygen atoms in total. The molecule has 0 spiro atoms. The summed E-state index contributed by atoms with van der Waals surface area (Å²) in [5, 5.41) is 20.6. The van der Waals surface area contributed by atoms with Gasteiger partial charge < -0.3 is 29.2 Å². The van der Waals surface area contributed by atoms with Gasteiger partial charge in [0.05, 0.1) is 39.6 Å². The van der Waals surface area contributed by atoms with Crippen molar-refractivity contribution >= 4 is 35.1 Å². The van der Waals surface area contributed by atoms with Crippen LogP contribution < -0.4 is 18.9 Å². The smallest absolute Gasteiger partial charge is 0.340 e. The highest BCUT2D eigenvalue weighted by Gasteiger charge is 2.47. The fourth-order valence-corrected chi connectivity index (χ4v) is 6.47. The summed E-state index contributed by atoms with van der Waals surface area (Å²) in [5.74, 6) is -8.35. The van der Waals surface area contributed by atoms with Crippen LogP contribution in [-0.2, 0) is 0 Å². The summed E-state index contributed by atoms with van der Waals surface area (Å²) < 4.78 is 21.8. The van der Waals surface area contributed by atoms with Gasteiger partial charge in [0, 0.05) is 44.5 Å². The van der Waals surface area contributed by atoms with Gasteiger partial charge in [0.25, 0.3) is 0 Å². The molecule has 0 saturated carbocycles. The first-order chi connectivity index (χ1) is 21.5. The predicted molar refractivity (Wildman–Crippen MR) is 164 cm³/mol. The molecule has 2 aromatic carbocycles. The van der Waals surface area contributed by atoms with Crippen LogP contribution in [0.4, 0.5) is 0 Å². The van der Waals surface area contributed by atoms with E-state index < -0.39 is 80.3 Å². The van der Waals surface area contributed by atoms with Crippen molar-refractivity contribution in [2.45, 2.75) is 53.4 Å². The average molecular weight is 635 g/mol. The fraction of sp³-hybridized carbons (Fsp3) is 0.353. The number of carboxylic acids is 2. The number of carbonyl (C=O) groups excluding carboxylic acids is 4. The lowest BCUT2D eigenvalue weighted by Crippen LogP contribution is -2.33. The van der Waals surface area contributed by atoms with Gasteiger partial charge in [0.15, 0.2) is 46.1 Å². The monoisotopic (exact) mass is 634 g/mol. The Hall–Kier alpha value is -5.26. The van der Waals surface area contributed by atoms with Crippen molar-refractivity contribution in [2.75, 3.05) is 28.4 Å². The van der Waals surface area contributed by atoms with E-state index in [-0.39, 0.29) is 56.4 Å². The third-order valence-corrected chi connectivity index (χ3v) is 8.34. The van der Waals surface area contributed by atoms with Crippen LogP contribution in [0.2, 0.25) is 0 Å². The van der Waals surface area contributed by atoms with E-state index in [1.165, 1.54) is 42.3 Å². The Bertz CT molecular complexity index is 1730. The van der Waals surface area contributed by atoms with E-state index in [1.807, 2.05) is 0 Å². The Kier molecular flexibility index (Phi) is 8.71. The van der Waals surface area contributed by atoms with Crippen molar-refractivity contribution in [3.8, 4) is 23.0 Å². The molecule has 0 bridgehead atoms. The molecule has 0 unspecified atom stereocenters. The topological polar surface area (TPSA) is 180 Å². The SMILES string of the molecule is COc1c(OC)c(C(C)C)c2c(c1C(=O)O)C(=O)C(C1=C(C)C(=O)c3c(c(C(=O)O)c(OC)c(OC)c3C(C)C)C1=O)=C(C)C2=O. The summed E-state index contributed by atoms with van der Waals surface area (Å²) in [6.45, 7) is 9.47. The standard InChI is InChI=1S/C34H34O12/c1-11(2)15-19-21(23(33(39)40)31(45-9)29(15)43-7)27(37)17(13(5)25(19)35)18-14(6)26(36)20-16(12(3)4)30(44-8)32(46-10)24(34(41)42)22(20)28(18)38/h11-12H,1-10H3,(H,39,40)(H,41,42). The minimum Gasteiger partial charge on any atom is -0.493 e. The van der Waals surface area contributed by atoms with Crippen molar-refractivity contribution < 1.29 is 57.9 Å². The van der Waals surface area contributed by atoms with Crippen LogP contribution in [0.25, 0.3) is 0 Å². The van der Waals surface area contributed by atoms with Gasteiger partial charge in [0.1, 0.15) is 11.1 Å². The van der Waals surface area contributed by atoms with Crippen molar-refractivity contribution in [1.82, 2.24) is 0 Å². The molecule has 0 heterocycles. The summed E-state index contributed by atoms with van der Waals surface area (Å²) in [6, 6.07) is 0. The molecule has 4 rings (SSSR count). The van der Waals surface area contributed by atoms with Gasteiger partial charge in [0.2, 0.25) is 0 Å². The number of hydrogen-bond donors (Lipinski definition) is 2. The lowest BCUT2D eigenvalue weighted by molar-refractivity contribution is 0.0678. The maximum atomic E-state index is 14.5. The number of hydrogen-bond acceptors (Lipinski definition) is 10. The molecule has 2 aliphatic rings. The van der Waals surface area contributed by atoms with Gasteiger partial charge in [-0.05, 0) is 25.7 Å². The lowest BCUT2D eigenvalue weighted by Gasteiger charge is -2.31. The Morgan fingerprint density at radius 1 is 0.500 bits per heavy atom. The second-order valence-corrected chi connectivity index (χ2v) is 11.4. The molecule has 12 heteroatoms. The molecule has 2 N–H and O–H groups in total. The van der Waals surface area contributed by atoms with Gasteiger partial charge in [-0.1, -0.05) is 27.7 Å². The lowest BCUT2D eigenvalue weighted by atomic mass is 9.70. The first-order valence-corrected chi connectivity index (χ1v) is 14.3. The average Bonchev–Trinajstić information content (AvgIpc) is 3.00. The van der Waals surface area contributed by atoms with E-state index in [0.717, 1.165) is 0 Å². The summed E-state index contributed by atoms with van der Waals surface area (Å²) in [6.07, 6.45) is 0. The normalized spacial score (nSPS) is 14.6. The van der Waals surface area contributed by atoms with E-state index in [9.17, 15) is 39.0 Å². The number of carboxylic acid groups (broad SMARTS) is 2. The third kappa shape index (κ3) is 4.50. The number of ether oxygens (including phenoxy) is 4. The van der Waals surface area contributed by atoms with E-state index in [4.69, 9.17) is 18.9 Å². The van der Waals surface area contributed by atoms with Crippen molar-refractivity contribution in [3.05, 3.63) is 66.8 Å². The van der Waals surface area contributed by atoms with Crippen LogP contribution in [0.5, 0.6) is 23.0 Å². The molecule has 2 aromatic rings. The van der Waals surface area contributed by atoms with Gasteiger partial charge in [-0.25, -0.2) is 9.59 Å². The number of carbonyl (C=O) groups is 6. The molecular formula is C34H34O12. The molecule has 242 valence electrons. The Morgan fingerprint density at radius 2 is 0.783 bits per heavy atom. The molecule has 0 aliphatic heterocycles. The maximum Gasteiger partial charge on any atom is 0.340 e. The zero-order valence-electron chi connectivity index (χ0n) is 27.1. The third-order valence-electron chi connectivity index (χ3n) is 8.34. The highest BCUT2D eigenvalue weighted by Crippen LogP contribution is 2.51. The molecule has 2 aliphatic carbocycles. The van der Waals surface area contributed by atoms with Crippen LogP contribution in [0.15, 0.2) is 22.3 Å². The Labute approximate surface area is 264 Å². The Morgan fingerprint density at radius 3 is 1.00 bits per heavy atom. The first kappa shape index (κ1) is 33.6. The molecule has 46 heavy (non-hydrogen) atoms. The number of allylic oxidation sites excluding steroid dienone is 4. The number of methoxy groups -OCH3 is 4. The van der Waals surface area contributed by atoms with Crippen molar-refractivity contribution in [1.29, 1.82) is 0 Å². The van der Waals surface area contributed by atoms with Crippen LogP contribution in [0.3, 0.4) is 0 Å².